The number of hydrogen-bond acceptors (Lipinski definition) is 4. The summed E-state index contributed by atoms with van der Waals surface area (Å²) in [5.41, 5.74) is 0.411. The van der Waals surface area contributed by atoms with Gasteiger partial charge in [0.05, 0.1) is 11.2 Å². The third kappa shape index (κ3) is 4.14. The Hall–Kier alpha value is -1.20. The van der Waals surface area contributed by atoms with Gasteiger partial charge < -0.3 is 10.6 Å². The number of nitrogens with one attached hydrogen (secondary N) is 2. The molecule has 1 aromatic rings. The van der Waals surface area contributed by atoms with Gasteiger partial charge in [0.25, 0.3) is 5.91 Å². The Morgan fingerprint density at radius 1 is 1.48 bits per heavy atom. The maximum Gasteiger partial charge on any atom is 0.271 e. The van der Waals surface area contributed by atoms with Crippen LogP contribution in [0, 0.1) is 5.41 Å². The number of halogens is 1. The fraction of sp³-hybridized carbons (Fsp3) is 0.667. The van der Waals surface area contributed by atoms with E-state index in [1.807, 2.05) is 13.8 Å². The number of carbonyl (C=O) groups is 1. The van der Waals surface area contributed by atoms with Gasteiger partial charge in [0.15, 0.2) is 0 Å². The van der Waals surface area contributed by atoms with Gasteiger partial charge in [-0.25, -0.2) is 9.97 Å². The van der Waals surface area contributed by atoms with E-state index in [1.54, 1.807) is 0 Å². The third-order valence-corrected chi connectivity index (χ3v) is 4.26. The second-order valence-corrected chi connectivity index (χ2v) is 6.73. The molecule has 2 N–H and O–H groups in total. The molecule has 0 saturated carbocycles. The first kappa shape index (κ1) is 16.2. The van der Waals surface area contributed by atoms with Crippen molar-refractivity contribution in [3.8, 4) is 0 Å². The second-order valence-electron chi connectivity index (χ2n) is 6.32. The average molecular weight is 311 g/mol. The summed E-state index contributed by atoms with van der Waals surface area (Å²) >= 11 is 6.06. The van der Waals surface area contributed by atoms with Crippen molar-refractivity contribution in [1.82, 2.24) is 20.6 Å². The molecule has 0 bridgehead atoms. The number of aromatic nitrogens is 2. The zero-order valence-electron chi connectivity index (χ0n) is 12.9. The minimum Gasteiger partial charge on any atom is -0.350 e. The molecule has 21 heavy (non-hydrogen) atoms. The lowest BCUT2D eigenvalue weighted by molar-refractivity contribution is 0.0917. The van der Waals surface area contributed by atoms with Gasteiger partial charge in [-0.1, -0.05) is 32.4 Å². The molecule has 1 amide bonds. The van der Waals surface area contributed by atoms with E-state index in [9.17, 15) is 4.79 Å². The fourth-order valence-electron chi connectivity index (χ4n) is 2.40. The highest BCUT2D eigenvalue weighted by Crippen LogP contribution is 2.27. The zero-order valence-corrected chi connectivity index (χ0v) is 13.6. The molecule has 1 aliphatic rings. The molecule has 0 aromatic carbocycles. The topological polar surface area (TPSA) is 66.9 Å². The van der Waals surface area contributed by atoms with E-state index in [1.165, 1.54) is 6.20 Å². The van der Waals surface area contributed by atoms with Crippen LogP contribution in [0.5, 0.6) is 0 Å². The summed E-state index contributed by atoms with van der Waals surface area (Å²) in [6.45, 7) is 8.82. The monoisotopic (exact) mass is 310 g/mol. The predicted molar refractivity (Wildman–Crippen MR) is 83.7 cm³/mol. The Labute approximate surface area is 130 Å². The van der Waals surface area contributed by atoms with Crippen LogP contribution >= 0.6 is 11.6 Å². The van der Waals surface area contributed by atoms with E-state index >= 15 is 0 Å². The lowest BCUT2D eigenvalue weighted by atomic mass is 9.81. The van der Waals surface area contributed by atoms with Crippen LogP contribution in [0.3, 0.4) is 0 Å². The lowest BCUT2D eigenvalue weighted by Gasteiger charge is -2.34. The van der Waals surface area contributed by atoms with Crippen molar-refractivity contribution >= 4 is 17.5 Å². The van der Waals surface area contributed by atoms with Crippen LogP contribution < -0.4 is 10.6 Å². The van der Waals surface area contributed by atoms with Crippen LogP contribution in [0.15, 0.2) is 6.20 Å². The van der Waals surface area contributed by atoms with E-state index in [2.05, 4.69) is 27.5 Å². The van der Waals surface area contributed by atoms with Gasteiger partial charge >= 0.3 is 0 Å². The summed E-state index contributed by atoms with van der Waals surface area (Å²) in [6.07, 6.45) is 3.62. The smallest absolute Gasteiger partial charge is 0.271 e. The fourth-order valence-corrected chi connectivity index (χ4v) is 2.58. The molecule has 0 spiro atoms. The minimum absolute atomic E-state index is 0.140. The van der Waals surface area contributed by atoms with E-state index in [4.69, 9.17) is 11.6 Å². The molecular weight excluding hydrogens is 288 g/mol. The van der Waals surface area contributed by atoms with Gasteiger partial charge in [0.2, 0.25) is 0 Å². The third-order valence-electron chi connectivity index (χ3n) is 3.98. The molecule has 0 radical (unpaired) electrons. The number of carbonyl (C=O) groups excluding carboxylic acids is 1. The molecule has 1 aromatic heterocycles. The normalized spacial score (nSPS) is 17.8. The summed E-state index contributed by atoms with van der Waals surface area (Å²) in [5, 5.41) is 6.61. The van der Waals surface area contributed by atoms with Crippen LogP contribution in [0.1, 0.15) is 55.8 Å². The van der Waals surface area contributed by atoms with E-state index in [-0.39, 0.29) is 22.9 Å². The Kier molecular flexibility index (Phi) is 5.17. The highest BCUT2D eigenvalue weighted by atomic mass is 35.5. The molecule has 1 aliphatic heterocycles. The molecule has 5 nitrogen and oxygen atoms in total. The number of hydrogen-bond donors (Lipinski definition) is 2. The van der Waals surface area contributed by atoms with E-state index < -0.39 is 0 Å². The quantitative estimate of drug-likeness (QED) is 0.896. The zero-order chi connectivity index (χ0) is 15.5. The standard InChI is InChI=1S/C15H23ClN4O/c1-10(2)13-18-8-11(16)12(20-13)14(21)19-9-15(3)4-6-17-7-5-15/h8,10,17H,4-7,9H2,1-3H3,(H,19,21). The van der Waals surface area contributed by atoms with Gasteiger partial charge in [0.1, 0.15) is 11.5 Å². The summed E-state index contributed by atoms with van der Waals surface area (Å²) in [6, 6.07) is 0. The van der Waals surface area contributed by atoms with Crippen LogP contribution in [0.25, 0.3) is 0 Å². The second kappa shape index (κ2) is 6.71. The van der Waals surface area contributed by atoms with Gasteiger partial charge in [-0.15, -0.1) is 0 Å². The Balaban J connectivity index is 2.04. The summed E-state index contributed by atoms with van der Waals surface area (Å²) in [4.78, 5) is 20.8. The van der Waals surface area contributed by atoms with Crippen molar-refractivity contribution in [2.75, 3.05) is 19.6 Å². The summed E-state index contributed by atoms with van der Waals surface area (Å²) in [5.74, 6) is 0.581. The predicted octanol–water partition coefficient (Wildman–Crippen LogP) is 2.37. The Bertz CT molecular complexity index is 512. The number of amides is 1. The highest BCUT2D eigenvalue weighted by molar-refractivity contribution is 6.33. The van der Waals surface area contributed by atoms with Crippen molar-refractivity contribution in [2.45, 2.75) is 39.5 Å². The molecule has 0 unspecified atom stereocenters. The van der Waals surface area contributed by atoms with Gasteiger partial charge in [-0.05, 0) is 31.3 Å². The number of piperidine rings is 1. The minimum atomic E-state index is -0.218. The SMILES string of the molecule is CC(C)c1ncc(Cl)c(C(=O)NCC2(C)CCNCC2)n1. The first-order chi connectivity index (χ1) is 9.91. The van der Waals surface area contributed by atoms with Crippen LogP contribution in [0.2, 0.25) is 5.02 Å². The molecule has 1 saturated heterocycles. The molecule has 1 fully saturated rings. The molecule has 0 aliphatic carbocycles. The maximum atomic E-state index is 12.3. The average Bonchev–Trinajstić information content (AvgIpc) is 2.46. The summed E-state index contributed by atoms with van der Waals surface area (Å²) in [7, 11) is 0. The maximum absolute atomic E-state index is 12.3. The largest absolute Gasteiger partial charge is 0.350 e. The van der Waals surface area contributed by atoms with Crippen molar-refractivity contribution in [3.63, 3.8) is 0 Å². The van der Waals surface area contributed by atoms with E-state index in [0.29, 0.717) is 17.4 Å². The van der Waals surface area contributed by atoms with Gasteiger partial charge in [0, 0.05) is 12.5 Å². The molecular formula is C15H23ClN4O. The molecule has 116 valence electrons. The number of nitrogens with zero attached hydrogens (tertiary/aromatic N) is 2. The van der Waals surface area contributed by atoms with Crippen molar-refractivity contribution in [2.24, 2.45) is 5.41 Å². The van der Waals surface area contributed by atoms with Crippen molar-refractivity contribution < 1.29 is 4.79 Å². The van der Waals surface area contributed by atoms with Crippen LogP contribution in [-0.4, -0.2) is 35.5 Å². The molecule has 0 atom stereocenters. The Morgan fingerprint density at radius 2 is 2.14 bits per heavy atom. The first-order valence-electron chi connectivity index (χ1n) is 7.43. The molecule has 2 rings (SSSR count). The van der Waals surface area contributed by atoms with Crippen molar-refractivity contribution in [3.05, 3.63) is 22.7 Å². The van der Waals surface area contributed by atoms with E-state index in [0.717, 1.165) is 25.9 Å². The first-order valence-corrected chi connectivity index (χ1v) is 7.80. The van der Waals surface area contributed by atoms with Crippen LogP contribution in [-0.2, 0) is 0 Å². The van der Waals surface area contributed by atoms with Crippen LogP contribution in [0.4, 0.5) is 0 Å². The van der Waals surface area contributed by atoms with Gasteiger partial charge in [-0.3, -0.25) is 4.79 Å². The van der Waals surface area contributed by atoms with Crippen molar-refractivity contribution in [1.29, 1.82) is 0 Å². The highest BCUT2D eigenvalue weighted by Gasteiger charge is 2.27. The lowest BCUT2D eigenvalue weighted by Crippen LogP contribution is -2.43. The Morgan fingerprint density at radius 3 is 2.76 bits per heavy atom. The number of rotatable bonds is 4. The molecule has 2 heterocycles. The molecule has 6 heteroatoms. The summed E-state index contributed by atoms with van der Waals surface area (Å²) < 4.78 is 0. The van der Waals surface area contributed by atoms with Gasteiger partial charge in [-0.2, -0.15) is 0 Å².